The lowest BCUT2D eigenvalue weighted by molar-refractivity contribution is 0.00578. The summed E-state index contributed by atoms with van der Waals surface area (Å²) in [5, 5.41) is 0. The summed E-state index contributed by atoms with van der Waals surface area (Å²) in [6.45, 7) is 9.80. The lowest BCUT2D eigenvalue weighted by atomic mass is 9.84. The number of aryl methyl sites for hydroxylation is 1. The lowest BCUT2D eigenvalue weighted by Crippen LogP contribution is -2.41. The van der Waals surface area contributed by atoms with Crippen LogP contribution in [0.2, 0.25) is 0 Å². The Balaban J connectivity index is 2.30. The summed E-state index contributed by atoms with van der Waals surface area (Å²) in [7, 11) is -0.477. The van der Waals surface area contributed by atoms with Crippen molar-refractivity contribution in [2.45, 2.75) is 45.8 Å². The van der Waals surface area contributed by atoms with Gasteiger partial charge in [0.15, 0.2) is 6.29 Å². The minimum atomic E-state index is -0.477. The van der Waals surface area contributed by atoms with Crippen LogP contribution in [0.15, 0.2) is 12.1 Å². The van der Waals surface area contributed by atoms with Crippen molar-refractivity contribution >= 4 is 19.0 Å². The number of hydrogen-bond donors (Lipinski definition) is 0. The van der Waals surface area contributed by atoms with Gasteiger partial charge in [-0.25, -0.2) is 0 Å². The van der Waals surface area contributed by atoms with Gasteiger partial charge in [-0.3, -0.25) is 9.78 Å². The van der Waals surface area contributed by atoms with Crippen molar-refractivity contribution in [2.24, 2.45) is 0 Å². The number of pyridine rings is 1. The van der Waals surface area contributed by atoms with Crippen molar-refractivity contribution in [1.82, 2.24) is 4.98 Å². The Bertz CT molecular complexity index is 469. The molecular formula is C13H18BNO3. The predicted molar refractivity (Wildman–Crippen MR) is 70.1 cm³/mol. The first-order valence-corrected chi connectivity index (χ1v) is 6.05. The molecule has 0 aromatic carbocycles. The van der Waals surface area contributed by atoms with Gasteiger partial charge in [-0.2, -0.15) is 0 Å². The van der Waals surface area contributed by atoms with Gasteiger partial charge < -0.3 is 9.31 Å². The second-order valence-electron chi connectivity index (χ2n) is 5.62. The SMILES string of the molecule is Cc1nc(B2OC(C)(C)C(C)(C)O2)ccc1C=O. The van der Waals surface area contributed by atoms with Crippen molar-refractivity contribution < 1.29 is 14.1 Å². The van der Waals surface area contributed by atoms with Crippen LogP contribution in [0.3, 0.4) is 0 Å². The number of aromatic nitrogens is 1. The zero-order valence-corrected chi connectivity index (χ0v) is 11.5. The fraction of sp³-hybridized carbons (Fsp3) is 0.538. The van der Waals surface area contributed by atoms with Crippen LogP contribution >= 0.6 is 0 Å². The van der Waals surface area contributed by atoms with E-state index in [9.17, 15) is 4.79 Å². The van der Waals surface area contributed by atoms with Crippen LogP contribution in [-0.4, -0.2) is 29.6 Å². The minimum absolute atomic E-state index is 0.378. The molecule has 0 radical (unpaired) electrons. The molecule has 0 saturated carbocycles. The Morgan fingerprint density at radius 3 is 2.17 bits per heavy atom. The van der Waals surface area contributed by atoms with Crippen LogP contribution in [0, 0.1) is 6.92 Å². The molecule has 0 spiro atoms. The minimum Gasteiger partial charge on any atom is -0.398 e. The van der Waals surface area contributed by atoms with Gasteiger partial charge >= 0.3 is 7.12 Å². The molecule has 4 nitrogen and oxygen atoms in total. The molecule has 18 heavy (non-hydrogen) atoms. The summed E-state index contributed by atoms with van der Waals surface area (Å²) in [4.78, 5) is 15.1. The number of hydrogen-bond acceptors (Lipinski definition) is 4. The molecule has 2 rings (SSSR count). The van der Waals surface area contributed by atoms with Crippen LogP contribution in [0.25, 0.3) is 0 Å². The summed E-state index contributed by atoms with van der Waals surface area (Å²) in [5.41, 5.74) is 1.23. The van der Waals surface area contributed by atoms with Crippen LogP contribution in [0.4, 0.5) is 0 Å². The molecule has 1 aliphatic heterocycles. The van der Waals surface area contributed by atoms with E-state index in [-0.39, 0.29) is 11.2 Å². The smallest absolute Gasteiger partial charge is 0.398 e. The van der Waals surface area contributed by atoms with Gasteiger partial charge in [0.2, 0.25) is 0 Å². The average Bonchev–Trinajstić information content (AvgIpc) is 2.48. The van der Waals surface area contributed by atoms with Crippen LogP contribution in [0.1, 0.15) is 43.7 Å². The molecule has 0 N–H and O–H groups in total. The molecule has 2 heterocycles. The Morgan fingerprint density at radius 2 is 1.72 bits per heavy atom. The van der Waals surface area contributed by atoms with E-state index in [0.29, 0.717) is 16.9 Å². The van der Waals surface area contributed by atoms with Crippen molar-refractivity contribution in [1.29, 1.82) is 0 Å². The monoisotopic (exact) mass is 247 g/mol. The van der Waals surface area contributed by atoms with E-state index in [4.69, 9.17) is 9.31 Å². The third kappa shape index (κ3) is 2.08. The Labute approximate surface area is 108 Å². The molecule has 5 heteroatoms. The Morgan fingerprint density at radius 1 is 1.17 bits per heavy atom. The Kier molecular flexibility index (Phi) is 3.07. The summed E-state index contributed by atoms with van der Waals surface area (Å²) in [5.74, 6) is 0. The lowest BCUT2D eigenvalue weighted by Gasteiger charge is -2.32. The quantitative estimate of drug-likeness (QED) is 0.587. The van der Waals surface area contributed by atoms with Crippen LogP contribution in [-0.2, 0) is 9.31 Å². The number of nitrogens with zero attached hydrogens (tertiary/aromatic N) is 1. The predicted octanol–water partition coefficient (Wildman–Crippen LogP) is 1.50. The molecule has 0 unspecified atom stereocenters. The van der Waals surface area contributed by atoms with Gasteiger partial charge in [0.05, 0.1) is 16.8 Å². The maximum absolute atomic E-state index is 10.8. The van der Waals surface area contributed by atoms with Crippen LogP contribution < -0.4 is 5.59 Å². The molecular weight excluding hydrogens is 229 g/mol. The maximum Gasteiger partial charge on any atom is 0.514 e. The second kappa shape index (κ2) is 4.18. The molecule has 1 saturated heterocycles. The third-order valence-corrected chi connectivity index (χ3v) is 3.77. The standard InChI is InChI=1S/C13H18BNO3/c1-9-10(8-16)6-7-11(15-9)14-17-12(2,3)13(4,5)18-14/h6-8H,1-5H3. The number of rotatable bonds is 2. The summed E-state index contributed by atoms with van der Waals surface area (Å²) in [6, 6.07) is 3.52. The average molecular weight is 247 g/mol. The van der Waals surface area contributed by atoms with Gasteiger partial charge in [0, 0.05) is 11.3 Å². The van der Waals surface area contributed by atoms with Crippen molar-refractivity contribution in [3.63, 3.8) is 0 Å². The molecule has 0 bridgehead atoms. The first kappa shape index (κ1) is 13.2. The number of carbonyl (C=O) groups is 1. The number of carbonyl (C=O) groups excluding carboxylic acids is 1. The fourth-order valence-electron chi connectivity index (χ4n) is 1.81. The zero-order valence-electron chi connectivity index (χ0n) is 11.5. The largest absolute Gasteiger partial charge is 0.514 e. The van der Waals surface area contributed by atoms with Gasteiger partial charge in [-0.1, -0.05) is 0 Å². The molecule has 0 amide bonds. The summed E-state index contributed by atoms with van der Waals surface area (Å²) < 4.78 is 11.8. The molecule has 0 atom stereocenters. The fourth-order valence-corrected chi connectivity index (χ4v) is 1.81. The van der Waals surface area contributed by atoms with Crippen molar-refractivity contribution in [3.05, 3.63) is 23.4 Å². The van der Waals surface area contributed by atoms with E-state index >= 15 is 0 Å². The van der Waals surface area contributed by atoms with Gasteiger partial charge in [0.25, 0.3) is 0 Å². The van der Waals surface area contributed by atoms with E-state index in [1.165, 1.54) is 0 Å². The maximum atomic E-state index is 10.8. The zero-order chi connectivity index (χ0) is 13.6. The van der Waals surface area contributed by atoms with E-state index in [2.05, 4.69) is 4.98 Å². The van der Waals surface area contributed by atoms with Crippen molar-refractivity contribution in [3.8, 4) is 0 Å². The van der Waals surface area contributed by atoms with Gasteiger partial charge in [-0.15, -0.1) is 0 Å². The van der Waals surface area contributed by atoms with Gasteiger partial charge in [-0.05, 0) is 46.8 Å². The van der Waals surface area contributed by atoms with E-state index in [0.717, 1.165) is 6.29 Å². The number of aldehydes is 1. The van der Waals surface area contributed by atoms with Crippen molar-refractivity contribution in [2.75, 3.05) is 0 Å². The normalized spacial score (nSPS) is 21.1. The Hall–Kier alpha value is -1.20. The first-order valence-electron chi connectivity index (χ1n) is 6.05. The van der Waals surface area contributed by atoms with E-state index in [1.807, 2.05) is 27.7 Å². The van der Waals surface area contributed by atoms with Gasteiger partial charge in [0.1, 0.15) is 0 Å². The molecule has 0 aliphatic carbocycles. The third-order valence-electron chi connectivity index (χ3n) is 3.77. The molecule has 1 aromatic rings. The van der Waals surface area contributed by atoms with E-state index in [1.54, 1.807) is 19.1 Å². The first-order chi connectivity index (χ1) is 8.27. The molecule has 1 fully saturated rings. The molecule has 1 aliphatic rings. The summed E-state index contributed by atoms with van der Waals surface area (Å²) in [6.07, 6.45) is 0.802. The molecule has 96 valence electrons. The molecule has 1 aromatic heterocycles. The second-order valence-corrected chi connectivity index (χ2v) is 5.62. The van der Waals surface area contributed by atoms with Crippen LogP contribution in [0.5, 0.6) is 0 Å². The highest BCUT2D eigenvalue weighted by atomic mass is 16.7. The topological polar surface area (TPSA) is 48.4 Å². The highest BCUT2D eigenvalue weighted by molar-refractivity contribution is 6.61. The summed E-state index contributed by atoms with van der Waals surface area (Å²) >= 11 is 0. The highest BCUT2D eigenvalue weighted by Crippen LogP contribution is 2.36. The highest BCUT2D eigenvalue weighted by Gasteiger charge is 2.52. The van der Waals surface area contributed by atoms with E-state index < -0.39 is 7.12 Å².